The molecule has 0 spiro atoms. The van der Waals surface area contributed by atoms with Crippen LogP contribution >= 0.6 is 0 Å². The molecule has 3 heterocycles. The van der Waals surface area contributed by atoms with Crippen LogP contribution in [0.4, 0.5) is 0 Å². The second-order valence-corrected chi connectivity index (χ2v) is 13.0. The molecule has 0 unspecified atom stereocenters. The van der Waals surface area contributed by atoms with Gasteiger partial charge in [0.2, 0.25) is 5.71 Å². The predicted molar refractivity (Wildman–Crippen MR) is 192 cm³/mol. The summed E-state index contributed by atoms with van der Waals surface area (Å²) in [6.07, 6.45) is 4.75. The summed E-state index contributed by atoms with van der Waals surface area (Å²) in [6.45, 7) is 14.3. The van der Waals surface area contributed by atoms with Crippen molar-refractivity contribution < 1.29 is 34.4 Å². The van der Waals surface area contributed by atoms with Crippen LogP contribution in [-0.4, -0.2) is 20.3 Å². The van der Waals surface area contributed by atoms with Crippen molar-refractivity contribution in [3.8, 4) is 0 Å². The molecule has 0 saturated carbocycles. The first-order chi connectivity index (χ1) is 22.1. The molecule has 0 fully saturated rings. The van der Waals surface area contributed by atoms with Crippen molar-refractivity contribution in [3.63, 3.8) is 0 Å². The molecule has 0 atom stereocenters. The van der Waals surface area contributed by atoms with E-state index in [4.69, 9.17) is 9.40 Å². The zero-order chi connectivity index (χ0) is 32.8. The van der Waals surface area contributed by atoms with Crippen molar-refractivity contribution in [2.45, 2.75) is 74.1 Å². The van der Waals surface area contributed by atoms with Crippen LogP contribution in [0.5, 0.6) is 0 Å². The molecule has 47 heavy (non-hydrogen) atoms. The fourth-order valence-electron chi connectivity index (χ4n) is 6.43. The third kappa shape index (κ3) is 5.66. The maximum atomic E-state index is 12.2. The molecule has 5 nitrogen and oxygen atoms in total. The number of aliphatic hydroxyl groups is 1. The van der Waals surface area contributed by atoms with Crippen molar-refractivity contribution in [2.24, 2.45) is 10.8 Å². The predicted octanol–water partition coefficient (Wildman–Crippen LogP) is 11.4. The number of allylic oxidation sites excluding steroid dienone is 2. The largest absolute Gasteiger partial charge is 0.512 e. The van der Waals surface area contributed by atoms with E-state index in [0.717, 1.165) is 69.8 Å². The van der Waals surface area contributed by atoms with Gasteiger partial charge in [0.15, 0.2) is 5.78 Å². The average molecular weight is 804 g/mol. The van der Waals surface area contributed by atoms with E-state index in [1.165, 1.54) is 27.8 Å². The van der Waals surface area contributed by atoms with Crippen LogP contribution in [0.15, 0.2) is 89.0 Å². The number of carbonyl (C=O) groups excluding carboxylic acids is 1. The van der Waals surface area contributed by atoms with Crippen LogP contribution < -0.4 is 0 Å². The molecule has 0 saturated heterocycles. The summed E-state index contributed by atoms with van der Waals surface area (Å²) in [7, 11) is 0. The van der Waals surface area contributed by atoms with Crippen molar-refractivity contribution in [1.82, 2.24) is 9.38 Å². The summed E-state index contributed by atoms with van der Waals surface area (Å²) >= 11 is 0. The van der Waals surface area contributed by atoms with Gasteiger partial charge in [-0.1, -0.05) is 113 Å². The summed E-state index contributed by atoms with van der Waals surface area (Å²) in [5.74, 6) is 0.286. The van der Waals surface area contributed by atoms with Gasteiger partial charge >= 0.3 is 0 Å². The van der Waals surface area contributed by atoms with Gasteiger partial charge in [0, 0.05) is 47.9 Å². The number of aryl methyl sites for hydroxylation is 1. The van der Waals surface area contributed by atoms with Crippen LogP contribution in [0, 0.1) is 23.8 Å². The molecular weight excluding hydrogens is 761 g/mol. The number of ketones is 1. The van der Waals surface area contributed by atoms with Gasteiger partial charge in [-0.15, -0.1) is 23.1 Å². The molecule has 1 N–H and O–H groups in total. The van der Waals surface area contributed by atoms with Gasteiger partial charge in [0.05, 0.1) is 5.65 Å². The maximum absolute atomic E-state index is 12.2. The van der Waals surface area contributed by atoms with Crippen molar-refractivity contribution in [3.05, 3.63) is 96.3 Å². The Morgan fingerprint density at radius 1 is 0.851 bits per heavy atom. The van der Waals surface area contributed by atoms with Crippen LogP contribution in [0.2, 0.25) is 0 Å². The summed E-state index contributed by atoms with van der Waals surface area (Å²) < 4.78 is 8.42. The summed E-state index contributed by atoms with van der Waals surface area (Å²) in [6, 6.07) is 28.7. The van der Waals surface area contributed by atoms with Gasteiger partial charge in [-0.2, -0.15) is 0 Å². The minimum Gasteiger partial charge on any atom is -0.512 e. The number of pyridine rings is 1. The number of furan rings is 1. The first-order valence-corrected chi connectivity index (χ1v) is 16.5. The molecule has 1 radical (unpaired) electrons. The Hall–Kier alpha value is -3.99. The number of carbonyl (C=O) groups is 1. The van der Waals surface area contributed by atoms with Crippen LogP contribution in [-0.2, 0) is 24.9 Å². The second-order valence-electron chi connectivity index (χ2n) is 13.0. The standard InChI is InChI=1S/C26H15N2O.C15H28O2.Ir/c1-15-17-9-3-2-8-16(17)14-20-23(15)18-10-4-6-12-21(18)28-25(20)27-24-19-11-5-7-13-22(19)29-26(24)28;1-7-14(5,8-2)12(16)11-13(17)15(6,9-3)10-4;/h2-13H,1H3;11,16H,7-10H2,1-6H3;/q-1;;/b;12-11-;. The maximum Gasteiger partial charge on any atom is 0.225 e. The molecule has 0 bridgehead atoms. The number of hydrogen-bond acceptors (Lipinski definition) is 4. The molecular formula is C41H43IrN2O3-. The quantitative estimate of drug-likeness (QED) is 0.0573. The van der Waals surface area contributed by atoms with Crippen molar-refractivity contribution >= 4 is 66.1 Å². The van der Waals surface area contributed by atoms with Crippen LogP contribution in [0.3, 0.4) is 0 Å². The fourth-order valence-corrected chi connectivity index (χ4v) is 6.43. The third-order valence-corrected chi connectivity index (χ3v) is 10.6. The van der Waals surface area contributed by atoms with Gasteiger partial charge < -0.3 is 9.52 Å². The third-order valence-electron chi connectivity index (χ3n) is 10.6. The number of rotatable bonds is 7. The van der Waals surface area contributed by atoms with Crippen molar-refractivity contribution in [2.75, 3.05) is 0 Å². The number of nitrogens with zero attached hydrogens (tertiary/aromatic N) is 2. The van der Waals surface area contributed by atoms with Gasteiger partial charge in [0.1, 0.15) is 16.9 Å². The summed E-state index contributed by atoms with van der Waals surface area (Å²) in [5.41, 5.74) is 5.21. The van der Waals surface area contributed by atoms with Crippen molar-refractivity contribution in [1.29, 1.82) is 0 Å². The molecule has 7 rings (SSSR count). The van der Waals surface area contributed by atoms with E-state index in [-0.39, 0.29) is 42.5 Å². The zero-order valence-electron chi connectivity index (χ0n) is 28.3. The number of aromatic nitrogens is 2. The number of para-hydroxylation sites is 2. The number of aliphatic hydroxyl groups excluding tert-OH is 1. The van der Waals surface area contributed by atoms with Gasteiger partial charge in [-0.3, -0.25) is 14.2 Å². The fraction of sp³-hybridized carbons (Fsp3) is 0.317. The van der Waals surface area contributed by atoms with Crippen LogP contribution in [0.1, 0.15) is 72.8 Å². The van der Waals surface area contributed by atoms with E-state index in [1.807, 2.05) is 59.7 Å². The Morgan fingerprint density at radius 2 is 1.43 bits per heavy atom. The second kappa shape index (κ2) is 13.3. The Labute approximate surface area is 290 Å². The summed E-state index contributed by atoms with van der Waals surface area (Å²) in [4.78, 5) is 17.2. The minimum absolute atomic E-state index is 0. The van der Waals surface area contributed by atoms with E-state index >= 15 is 0 Å². The molecule has 3 aromatic heterocycles. The molecule has 0 amide bonds. The molecule has 7 aromatic rings. The smallest absolute Gasteiger partial charge is 0.225 e. The Kier molecular flexibility index (Phi) is 9.69. The number of fused-ring (bicyclic) bond motifs is 11. The normalized spacial score (nSPS) is 12.6. The monoisotopic (exact) mass is 804 g/mol. The summed E-state index contributed by atoms with van der Waals surface area (Å²) in [5, 5.41) is 17.0. The van der Waals surface area contributed by atoms with E-state index < -0.39 is 0 Å². The van der Waals surface area contributed by atoms with Gasteiger partial charge in [-0.25, -0.2) is 0 Å². The minimum atomic E-state index is -0.337. The molecule has 0 aliphatic carbocycles. The molecule has 0 aliphatic rings. The molecule has 6 heteroatoms. The first kappa shape index (κ1) is 34.3. The zero-order valence-corrected chi connectivity index (χ0v) is 30.7. The average Bonchev–Trinajstić information content (AvgIpc) is 3.64. The topological polar surface area (TPSA) is 67.7 Å². The number of hydrogen-bond donors (Lipinski definition) is 1. The Balaban J connectivity index is 0.000000211. The molecule has 4 aromatic carbocycles. The SMILES string of the molecule is CCC(C)(CC)C(=O)/C=C(\O)C(C)(CC)CC.Cc1c2ccccc2[c-]c2c1c1ccccc1n1c2nc2c3ccccc3oc21.[Ir]. The first-order valence-electron chi connectivity index (χ1n) is 16.5. The number of benzene rings is 4. The molecule has 245 valence electrons. The van der Waals surface area contributed by atoms with Crippen LogP contribution in [0.25, 0.3) is 60.3 Å². The Morgan fingerprint density at radius 3 is 2.09 bits per heavy atom. The van der Waals surface area contributed by atoms with Gasteiger partial charge in [-0.05, 0) is 49.3 Å². The number of imidazole rings is 1. The van der Waals surface area contributed by atoms with E-state index in [9.17, 15) is 9.90 Å². The van der Waals surface area contributed by atoms with E-state index in [2.05, 4.69) is 72.0 Å². The Bertz CT molecular complexity index is 2280. The van der Waals surface area contributed by atoms with E-state index in [0.29, 0.717) is 0 Å². The molecule has 0 aliphatic heterocycles. The van der Waals surface area contributed by atoms with Gasteiger partial charge in [0.25, 0.3) is 0 Å². The van der Waals surface area contributed by atoms with E-state index in [1.54, 1.807) is 0 Å².